The van der Waals surface area contributed by atoms with Crippen LogP contribution in [0.25, 0.3) is 0 Å². The lowest BCUT2D eigenvalue weighted by Gasteiger charge is -2.44. The van der Waals surface area contributed by atoms with Crippen LogP contribution in [0, 0.1) is 0 Å². The van der Waals surface area contributed by atoms with Crippen molar-refractivity contribution in [2.75, 3.05) is 13.6 Å². The van der Waals surface area contributed by atoms with Crippen LogP contribution in [0.1, 0.15) is 58.3 Å². The number of carbonyl (C=O) groups is 1. The molecule has 2 rings (SSSR count). The van der Waals surface area contributed by atoms with Crippen LogP contribution < -0.4 is 5.32 Å². The molecule has 2 atom stereocenters. The molecule has 110 valence electrons. The van der Waals surface area contributed by atoms with Gasteiger partial charge in [0.1, 0.15) is 5.54 Å². The Morgan fingerprint density at radius 3 is 2.42 bits per heavy atom. The Balaban J connectivity index is 2.04. The van der Waals surface area contributed by atoms with E-state index in [2.05, 4.69) is 24.2 Å². The number of hydrogen-bond acceptors (Lipinski definition) is 3. The lowest BCUT2D eigenvalue weighted by atomic mass is 9.82. The third-order valence-electron chi connectivity index (χ3n) is 5.03. The molecule has 2 N–H and O–H groups in total. The largest absolute Gasteiger partial charge is 0.480 e. The maximum atomic E-state index is 11.8. The second-order valence-electron chi connectivity index (χ2n) is 6.50. The number of carboxylic acid groups (broad SMARTS) is 1. The van der Waals surface area contributed by atoms with Gasteiger partial charge in [0, 0.05) is 18.6 Å². The fourth-order valence-electron chi connectivity index (χ4n) is 3.55. The standard InChI is InChI=1S/C15H28N2O2/c1-12-11-15(14(18)19,9-10-17(12)2)16-13-7-5-3-4-6-8-13/h12-13,16H,3-11H2,1-2H3,(H,18,19). The quantitative estimate of drug-likeness (QED) is 0.771. The molecule has 19 heavy (non-hydrogen) atoms. The van der Waals surface area contributed by atoms with E-state index in [4.69, 9.17) is 0 Å². The normalized spacial score (nSPS) is 34.9. The molecule has 2 fully saturated rings. The minimum absolute atomic E-state index is 0.336. The van der Waals surface area contributed by atoms with Crippen LogP contribution in [0.3, 0.4) is 0 Å². The zero-order valence-corrected chi connectivity index (χ0v) is 12.3. The number of rotatable bonds is 3. The molecular formula is C15H28N2O2. The minimum atomic E-state index is -0.694. The van der Waals surface area contributed by atoms with E-state index in [1.165, 1.54) is 25.7 Å². The Kier molecular flexibility index (Phi) is 4.85. The van der Waals surface area contributed by atoms with E-state index in [1.54, 1.807) is 0 Å². The molecule has 4 nitrogen and oxygen atoms in total. The summed E-state index contributed by atoms with van der Waals surface area (Å²) < 4.78 is 0. The lowest BCUT2D eigenvalue weighted by molar-refractivity contribution is -0.148. The summed E-state index contributed by atoms with van der Waals surface area (Å²) in [5.41, 5.74) is -0.694. The van der Waals surface area contributed by atoms with Crippen molar-refractivity contribution in [1.82, 2.24) is 10.2 Å². The third-order valence-corrected chi connectivity index (χ3v) is 5.03. The number of piperidine rings is 1. The molecule has 1 saturated carbocycles. The van der Waals surface area contributed by atoms with E-state index in [9.17, 15) is 9.90 Å². The molecular weight excluding hydrogens is 240 g/mol. The van der Waals surface area contributed by atoms with E-state index in [1.807, 2.05) is 0 Å². The van der Waals surface area contributed by atoms with Gasteiger partial charge in [0.25, 0.3) is 0 Å². The van der Waals surface area contributed by atoms with Gasteiger partial charge in [0.05, 0.1) is 0 Å². The summed E-state index contributed by atoms with van der Waals surface area (Å²) in [7, 11) is 2.09. The maximum absolute atomic E-state index is 11.8. The monoisotopic (exact) mass is 268 g/mol. The molecule has 0 spiro atoms. The lowest BCUT2D eigenvalue weighted by Crippen LogP contribution is -2.62. The van der Waals surface area contributed by atoms with E-state index in [-0.39, 0.29) is 0 Å². The molecule has 2 aliphatic rings. The Morgan fingerprint density at radius 1 is 1.26 bits per heavy atom. The van der Waals surface area contributed by atoms with Crippen molar-refractivity contribution in [3.05, 3.63) is 0 Å². The zero-order valence-electron chi connectivity index (χ0n) is 12.3. The minimum Gasteiger partial charge on any atom is -0.480 e. The summed E-state index contributed by atoms with van der Waals surface area (Å²) in [6, 6.07) is 0.734. The SMILES string of the molecule is CC1CC(NC2CCCCCC2)(C(=O)O)CCN1C. The van der Waals surface area contributed by atoms with Gasteiger partial charge in [0.15, 0.2) is 0 Å². The van der Waals surface area contributed by atoms with Crippen LogP contribution in [0.5, 0.6) is 0 Å². The van der Waals surface area contributed by atoms with Crippen LogP contribution >= 0.6 is 0 Å². The predicted octanol–water partition coefficient (Wildman–Crippen LogP) is 2.24. The summed E-state index contributed by atoms with van der Waals surface area (Å²) in [6.07, 6.45) is 8.80. The van der Waals surface area contributed by atoms with Crippen molar-refractivity contribution in [2.24, 2.45) is 0 Å². The van der Waals surface area contributed by atoms with Crippen LogP contribution in [0.2, 0.25) is 0 Å². The molecule has 0 aromatic carbocycles. The molecule has 1 aliphatic heterocycles. The average Bonchev–Trinajstić information content (AvgIpc) is 2.62. The molecule has 1 saturated heterocycles. The van der Waals surface area contributed by atoms with Crippen molar-refractivity contribution in [3.8, 4) is 0 Å². The summed E-state index contributed by atoms with van der Waals surface area (Å²) in [5.74, 6) is -0.656. The highest BCUT2D eigenvalue weighted by Gasteiger charge is 2.44. The highest BCUT2D eigenvalue weighted by Crippen LogP contribution is 2.29. The predicted molar refractivity (Wildman–Crippen MR) is 76.3 cm³/mol. The van der Waals surface area contributed by atoms with Gasteiger partial charge >= 0.3 is 5.97 Å². The molecule has 1 heterocycles. The Labute approximate surface area is 116 Å². The molecule has 4 heteroatoms. The molecule has 0 radical (unpaired) electrons. The van der Waals surface area contributed by atoms with Gasteiger partial charge in [-0.1, -0.05) is 25.7 Å². The first-order valence-electron chi connectivity index (χ1n) is 7.75. The number of nitrogens with one attached hydrogen (secondary N) is 1. The number of carboxylic acids is 1. The topological polar surface area (TPSA) is 52.6 Å². The number of likely N-dealkylation sites (tertiary alicyclic amines) is 1. The fourth-order valence-corrected chi connectivity index (χ4v) is 3.55. The average molecular weight is 268 g/mol. The van der Waals surface area contributed by atoms with Crippen molar-refractivity contribution >= 4 is 5.97 Å². The fraction of sp³-hybridized carbons (Fsp3) is 0.933. The van der Waals surface area contributed by atoms with Crippen LogP contribution in [0.15, 0.2) is 0 Å². The summed E-state index contributed by atoms with van der Waals surface area (Å²) in [4.78, 5) is 14.1. The van der Waals surface area contributed by atoms with Gasteiger partial charge < -0.3 is 10.0 Å². The Bertz CT molecular complexity index is 313. The van der Waals surface area contributed by atoms with Crippen molar-refractivity contribution in [3.63, 3.8) is 0 Å². The van der Waals surface area contributed by atoms with Crippen LogP contribution in [-0.4, -0.2) is 47.2 Å². The number of aliphatic carboxylic acids is 1. The molecule has 0 aromatic rings. The zero-order chi connectivity index (χ0) is 13.9. The second-order valence-corrected chi connectivity index (χ2v) is 6.50. The summed E-state index contributed by atoms with van der Waals surface area (Å²) in [5, 5.41) is 13.2. The van der Waals surface area contributed by atoms with Gasteiger partial charge in [-0.3, -0.25) is 10.1 Å². The first-order chi connectivity index (χ1) is 9.03. The molecule has 0 aromatic heterocycles. The van der Waals surface area contributed by atoms with E-state index in [0.717, 1.165) is 32.2 Å². The first-order valence-corrected chi connectivity index (χ1v) is 7.75. The van der Waals surface area contributed by atoms with Crippen LogP contribution in [0.4, 0.5) is 0 Å². The molecule has 2 unspecified atom stereocenters. The first kappa shape index (κ1) is 14.8. The van der Waals surface area contributed by atoms with Crippen molar-refractivity contribution in [2.45, 2.75) is 75.9 Å². The maximum Gasteiger partial charge on any atom is 0.324 e. The summed E-state index contributed by atoms with van der Waals surface area (Å²) in [6.45, 7) is 3.00. The second kappa shape index (κ2) is 6.23. The molecule has 1 aliphatic carbocycles. The van der Waals surface area contributed by atoms with E-state index >= 15 is 0 Å². The van der Waals surface area contributed by atoms with E-state index < -0.39 is 11.5 Å². The number of hydrogen-bond donors (Lipinski definition) is 2. The Hall–Kier alpha value is -0.610. The van der Waals surface area contributed by atoms with Crippen molar-refractivity contribution in [1.29, 1.82) is 0 Å². The van der Waals surface area contributed by atoms with Crippen molar-refractivity contribution < 1.29 is 9.90 Å². The van der Waals surface area contributed by atoms with Crippen LogP contribution in [-0.2, 0) is 4.79 Å². The highest BCUT2D eigenvalue weighted by atomic mass is 16.4. The van der Waals surface area contributed by atoms with Gasteiger partial charge in [-0.05, 0) is 39.7 Å². The van der Waals surface area contributed by atoms with E-state index in [0.29, 0.717) is 12.1 Å². The van der Waals surface area contributed by atoms with Gasteiger partial charge in [-0.25, -0.2) is 0 Å². The Morgan fingerprint density at radius 2 is 1.89 bits per heavy atom. The third kappa shape index (κ3) is 3.48. The molecule has 0 bridgehead atoms. The molecule has 0 amide bonds. The van der Waals surface area contributed by atoms with Gasteiger partial charge in [-0.2, -0.15) is 0 Å². The van der Waals surface area contributed by atoms with Gasteiger partial charge in [0.2, 0.25) is 0 Å². The van der Waals surface area contributed by atoms with Gasteiger partial charge in [-0.15, -0.1) is 0 Å². The summed E-state index contributed by atoms with van der Waals surface area (Å²) >= 11 is 0. The number of nitrogens with zero attached hydrogens (tertiary/aromatic N) is 1. The highest BCUT2D eigenvalue weighted by molar-refractivity contribution is 5.79. The smallest absolute Gasteiger partial charge is 0.324 e.